The Bertz CT molecular complexity index is 682. The van der Waals surface area contributed by atoms with Gasteiger partial charge < -0.3 is 19.5 Å². The summed E-state index contributed by atoms with van der Waals surface area (Å²) in [5.41, 5.74) is 0. The molecule has 0 saturated carbocycles. The lowest BCUT2D eigenvalue weighted by atomic mass is 10.3. The zero-order valence-corrected chi connectivity index (χ0v) is 17.9. The zero-order chi connectivity index (χ0) is 17.5. The van der Waals surface area contributed by atoms with Gasteiger partial charge in [0.1, 0.15) is 0 Å². The van der Waals surface area contributed by atoms with Gasteiger partial charge in [-0.05, 0) is 19.1 Å². The molecule has 0 spiro atoms. The third-order valence-electron chi connectivity index (χ3n) is 4.00. The number of nitrogens with zero attached hydrogens (tertiary/aromatic N) is 4. The molecule has 1 N–H and O–H groups in total. The minimum absolute atomic E-state index is 0. The van der Waals surface area contributed by atoms with Crippen molar-refractivity contribution in [3.63, 3.8) is 0 Å². The maximum atomic E-state index is 12.3. The maximum absolute atomic E-state index is 12.3. The van der Waals surface area contributed by atoms with Crippen molar-refractivity contribution in [1.29, 1.82) is 0 Å². The van der Waals surface area contributed by atoms with Crippen molar-refractivity contribution < 1.29 is 9.21 Å². The molecule has 0 aromatic carbocycles. The van der Waals surface area contributed by atoms with E-state index < -0.39 is 0 Å². The van der Waals surface area contributed by atoms with Gasteiger partial charge in [0.25, 0.3) is 5.91 Å². The van der Waals surface area contributed by atoms with Gasteiger partial charge in [0.2, 0.25) is 0 Å². The highest BCUT2D eigenvalue weighted by Gasteiger charge is 2.25. The van der Waals surface area contributed by atoms with Crippen LogP contribution < -0.4 is 5.32 Å². The van der Waals surface area contributed by atoms with E-state index in [0.717, 1.165) is 37.0 Å². The molecule has 0 atom stereocenters. The number of guanidine groups is 1. The molecule has 0 radical (unpaired) electrons. The van der Waals surface area contributed by atoms with Crippen LogP contribution in [0.3, 0.4) is 0 Å². The standard InChI is InChI=1S/C17H23N5O2S.HI/c1-2-18-17(20-6-5-15-19-7-13-25-15)22-10-8-21(9-11-22)16(23)14-4-3-12-24-14;/h3-4,7,12-13H,2,5-6,8-11H2,1H3,(H,18,20);1H. The number of nitrogens with one attached hydrogen (secondary N) is 1. The molecule has 1 aliphatic heterocycles. The molecule has 0 bridgehead atoms. The average molecular weight is 489 g/mol. The third kappa shape index (κ3) is 5.44. The maximum Gasteiger partial charge on any atom is 0.289 e. The molecule has 3 rings (SSSR count). The second-order valence-corrected chi connectivity index (χ2v) is 6.65. The fourth-order valence-corrected chi connectivity index (χ4v) is 3.35. The summed E-state index contributed by atoms with van der Waals surface area (Å²) in [7, 11) is 0. The minimum atomic E-state index is -0.0460. The number of piperazine rings is 1. The number of carbonyl (C=O) groups excluding carboxylic acids is 1. The van der Waals surface area contributed by atoms with E-state index in [9.17, 15) is 4.79 Å². The summed E-state index contributed by atoms with van der Waals surface area (Å²) in [6, 6.07) is 3.45. The van der Waals surface area contributed by atoms with E-state index in [1.807, 2.05) is 16.5 Å². The second-order valence-electron chi connectivity index (χ2n) is 5.67. The van der Waals surface area contributed by atoms with Gasteiger partial charge in [0.15, 0.2) is 11.7 Å². The van der Waals surface area contributed by atoms with E-state index in [1.165, 1.54) is 6.26 Å². The molecule has 142 valence electrons. The Morgan fingerprint density at radius 1 is 1.35 bits per heavy atom. The van der Waals surface area contributed by atoms with Crippen LogP contribution in [0.4, 0.5) is 0 Å². The Kier molecular flexibility index (Phi) is 8.36. The Labute approximate surface area is 174 Å². The van der Waals surface area contributed by atoms with E-state index in [0.29, 0.717) is 25.4 Å². The van der Waals surface area contributed by atoms with Crippen molar-refractivity contribution in [3.8, 4) is 0 Å². The van der Waals surface area contributed by atoms with Gasteiger partial charge in [-0.25, -0.2) is 4.98 Å². The van der Waals surface area contributed by atoms with Crippen molar-refractivity contribution >= 4 is 47.2 Å². The summed E-state index contributed by atoms with van der Waals surface area (Å²) in [5, 5.41) is 6.43. The number of halogens is 1. The second kappa shape index (κ2) is 10.5. The van der Waals surface area contributed by atoms with Crippen LogP contribution in [0.15, 0.2) is 39.4 Å². The van der Waals surface area contributed by atoms with Crippen LogP contribution >= 0.6 is 35.3 Å². The fourth-order valence-electron chi connectivity index (χ4n) is 2.74. The Morgan fingerprint density at radius 2 is 2.12 bits per heavy atom. The summed E-state index contributed by atoms with van der Waals surface area (Å²) in [4.78, 5) is 25.4. The van der Waals surface area contributed by atoms with Gasteiger partial charge in [0, 0.05) is 57.3 Å². The summed E-state index contributed by atoms with van der Waals surface area (Å²) in [5.74, 6) is 1.26. The number of carbonyl (C=O) groups is 1. The SMILES string of the molecule is CCNC(=NCCc1nccs1)N1CCN(C(=O)c2ccco2)CC1.I. The van der Waals surface area contributed by atoms with Gasteiger partial charge in [-0.1, -0.05) is 0 Å². The summed E-state index contributed by atoms with van der Waals surface area (Å²) < 4.78 is 5.20. The van der Waals surface area contributed by atoms with Crippen molar-refractivity contribution in [2.45, 2.75) is 13.3 Å². The monoisotopic (exact) mass is 489 g/mol. The van der Waals surface area contributed by atoms with Gasteiger partial charge in [-0.2, -0.15) is 0 Å². The predicted molar refractivity (Wildman–Crippen MR) is 113 cm³/mol. The topological polar surface area (TPSA) is 74.0 Å². The van der Waals surface area contributed by atoms with Crippen LogP contribution in [0.2, 0.25) is 0 Å². The van der Waals surface area contributed by atoms with E-state index in [2.05, 4.69) is 22.1 Å². The lowest BCUT2D eigenvalue weighted by Gasteiger charge is -2.36. The lowest BCUT2D eigenvalue weighted by Crippen LogP contribution is -2.53. The lowest BCUT2D eigenvalue weighted by molar-refractivity contribution is 0.0657. The number of thiazole rings is 1. The van der Waals surface area contributed by atoms with Gasteiger partial charge in [0.05, 0.1) is 11.3 Å². The fraction of sp³-hybridized carbons (Fsp3) is 0.471. The van der Waals surface area contributed by atoms with Crippen molar-refractivity contribution in [2.75, 3.05) is 39.3 Å². The van der Waals surface area contributed by atoms with Crippen LogP contribution in [-0.2, 0) is 6.42 Å². The molecule has 1 amide bonds. The molecule has 2 aromatic heterocycles. The van der Waals surface area contributed by atoms with Crippen LogP contribution in [0.1, 0.15) is 22.5 Å². The predicted octanol–water partition coefficient (Wildman–Crippen LogP) is 2.32. The molecule has 3 heterocycles. The molecule has 1 saturated heterocycles. The highest BCUT2D eigenvalue weighted by atomic mass is 127. The van der Waals surface area contributed by atoms with E-state index in [4.69, 9.17) is 9.41 Å². The smallest absolute Gasteiger partial charge is 0.289 e. The van der Waals surface area contributed by atoms with Crippen molar-refractivity contribution in [2.24, 2.45) is 4.99 Å². The molecule has 0 aliphatic carbocycles. The molecule has 7 nitrogen and oxygen atoms in total. The largest absolute Gasteiger partial charge is 0.459 e. The number of aromatic nitrogens is 1. The third-order valence-corrected chi connectivity index (χ3v) is 4.84. The summed E-state index contributed by atoms with van der Waals surface area (Å²) in [6.07, 6.45) is 4.20. The number of amides is 1. The van der Waals surface area contributed by atoms with Gasteiger partial charge in [-0.3, -0.25) is 9.79 Å². The Hall–Kier alpha value is -1.62. The Morgan fingerprint density at radius 3 is 2.73 bits per heavy atom. The van der Waals surface area contributed by atoms with E-state index >= 15 is 0 Å². The summed E-state index contributed by atoms with van der Waals surface area (Å²) in [6.45, 7) is 6.44. The van der Waals surface area contributed by atoms with Crippen molar-refractivity contribution in [1.82, 2.24) is 20.1 Å². The normalized spacial score (nSPS) is 14.9. The quantitative estimate of drug-likeness (QED) is 0.397. The first-order valence-corrected chi connectivity index (χ1v) is 9.40. The average Bonchev–Trinajstić information content (AvgIpc) is 3.34. The highest BCUT2D eigenvalue weighted by Crippen LogP contribution is 2.10. The summed E-state index contributed by atoms with van der Waals surface area (Å²) >= 11 is 1.66. The van der Waals surface area contributed by atoms with Crippen LogP contribution in [-0.4, -0.2) is 65.9 Å². The number of rotatable bonds is 5. The molecule has 26 heavy (non-hydrogen) atoms. The van der Waals surface area contributed by atoms with E-state index in [-0.39, 0.29) is 29.9 Å². The number of hydrogen-bond acceptors (Lipinski definition) is 5. The van der Waals surface area contributed by atoms with Gasteiger partial charge >= 0.3 is 0 Å². The van der Waals surface area contributed by atoms with Crippen molar-refractivity contribution in [3.05, 3.63) is 40.7 Å². The molecule has 2 aromatic rings. The van der Waals surface area contributed by atoms with Crippen LogP contribution in [0, 0.1) is 0 Å². The molecule has 9 heteroatoms. The Balaban J connectivity index is 0.00000243. The minimum Gasteiger partial charge on any atom is -0.459 e. The number of aliphatic imine (C=N–C) groups is 1. The first kappa shape index (κ1) is 20.7. The molecule has 1 aliphatic rings. The van der Waals surface area contributed by atoms with Crippen LogP contribution in [0.5, 0.6) is 0 Å². The zero-order valence-electron chi connectivity index (χ0n) is 14.8. The molecular formula is C17H24IN5O2S. The first-order chi connectivity index (χ1) is 12.3. The molecule has 0 unspecified atom stereocenters. The molecule has 1 fully saturated rings. The molecular weight excluding hydrogens is 465 g/mol. The van der Waals surface area contributed by atoms with Crippen LogP contribution in [0.25, 0.3) is 0 Å². The first-order valence-electron chi connectivity index (χ1n) is 8.52. The van der Waals surface area contributed by atoms with E-state index in [1.54, 1.807) is 23.5 Å². The number of hydrogen-bond donors (Lipinski definition) is 1. The number of furan rings is 1. The van der Waals surface area contributed by atoms with Gasteiger partial charge in [-0.15, -0.1) is 35.3 Å². The highest BCUT2D eigenvalue weighted by molar-refractivity contribution is 14.0.